The van der Waals surface area contributed by atoms with Crippen molar-refractivity contribution in [3.63, 3.8) is 0 Å². The molecule has 0 fully saturated rings. The van der Waals surface area contributed by atoms with E-state index in [1.807, 2.05) is 13.0 Å². The van der Waals surface area contributed by atoms with E-state index < -0.39 is 0 Å². The van der Waals surface area contributed by atoms with E-state index in [0.29, 0.717) is 11.7 Å². The van der Waals surface area contributed by atoms with Crippen LogP contribution in [0.5, 0.6) is 5.75 Å². The third-order valence-corrected chi connectivity index (χ3v) is 3.54. The van der Waals surface area contributed by atoms with Crippen molar-refractivity contribution in [3.8, 4) is 5.75 Å². The van der Waals surface area contributed by atoms with Gasteiger partial charge in [-0.15, -0.1) is 0 Å². The van der Waals surface area contributed by atoms with Gasteiger partial charge in [-0.25, -0.2) is 0 Å². The zero-order chi connectivity index (χ0) is 11.7. The van der Waals surface area contributed by atoms with Gasteiger partial charge in [0.05, 0.1) is 0 Å². The normalized spacial score (nSPS) is 20.7. The maximum Gasteiger partial charge on any atom is 0.118 e. The molecule has 1 unspecified atom stereocenters. The summed E-state index contributed by atoms with van der Waals surface area (Å²) in [7, 11) is 0. The SMILES string of the molecule is CC1=Cc2cc(C)c(O)cc2C(C)CCC1. The number of phenols is 1. The van der Waals surface area contributed by atoms with E-state index in [4.69, 9.17) is 0 Å². The molecule has 0 saturated heterocycles. The van der Waals surface area contributed by atoms with E-state index >= 15 is 0 Å². The Morgan fingerprint density at radius 2 is 2.00 bits per heavy atom. The van der Waals surface area contributed by atoms with Crippen LogP contribution in [0.4, 0.5) is 0 Å². The molecule has 0 aromatic heterocycles. The maximum atomic E-state index is 9.80. The zero-order valence-corrected chi connectivity index (χ0v) is 10.4. The predicted octanol–water partition coefficient (Wildman–Crippen LogP) is 4.39. The monoisotopic (exact) mass is 216 g/mol. The van der Waals surface area contributed by atoms with Crippen LogP contribution >= 0.6 is 0 Å². The lowest BCUT2D eigenvalue weighted by Gasteiger charge is -2.19. The van der Waals surface area contributed by atoms with Crippen molar-refractivity contribution in [1.82, 2.24) is 0 Å². The minimum absolute atomic E-state index is 0.428. The van der Waals surface area contributed by atoms with Crippen molar-refractivity contribution < 1.29 is 5.11 Å². The number of fused-ring (bicyclic) bond motifs is 1. The Morgan fingerprint density at radius 3 is 2.75 bits per heavy atom. The van der Waals surface area contributed by atoms with Crippen molar-refractivity contribution in [2.45, 2.75) is 46.0 Å². The van der Waals surface area contributed by atoms with E-state index in [1.165, 1.54) is 36.0 Å². The topological polar surface area (TPSA) is 20.2 Å². The molecule has 1 nitrogen and oxygen atoms in total. The molecule has 2 rings (SSSR count). The number of rotatable bonds is 0. The molecule has 1 N–H and O–H groups in total. The Kier molecular flexibility index (Phi) is 3.04. The summed E-state index contributed by atoms with van der Waals surface area (Å²) >= 11 is 0. The molecule has 1 heteroatoms. The van der Waals surface area contributed by atoms with Crippen molar-refractivity contribution in [1.29, 1.82) is 0 Å². The number of aromatic hydroxyl groups is 1. The summed E-state index contributed by atoms with van der Waals surface area (Å²) < 4.78 is 0. The van der Waals surface area contributed by atoms with E-state index in [2.05, 4.69) is 26.0 Å². The lowest BCUT2D eigenvalue weighted by molar-refractivity contribution is 0.469. The molecule has 0 bridgehead atoms. The fraction of sp³-hybridized carbons (Fsp3) is 0.467. The standard InChI is InChI=1S/C15H20O/c1-10-5-4-6-11(2)14-9-15(16)12(3)8-13(14)7-10/h7-9,11,16H,4-6H2,1-3H3. The van der Waals surface area contributed by atoms with Gasteiger partial charge in [0.15, 0.2) is 0 Å². The molecule has 1 atom stereocenters. The smallest absolute Gasteiger partial charge is 0.118 e. The molecule has 86 valence electrons. The number of benzene rings is 1. The van der Waals surface area contributed by atoms with Crippen LogP contribution in [-0.4, -0.2) is 5.11 Å². The largest absolute Gasteiger partial charge is 0.508 e. The second-order valence-corrected chi connectivity index (χ2v) is 5.05. The van der Waals surface area contributed by atoms with Gasteiger partial charge in [0, 0.05) is 0 Å². The molecular weight excluding hydrogens is 196 g/mol. The van der Waals surface area contributed by atoms with E-state index in [0.717, 1.165) is 5.56 Å². The van der Waals surface area contributed by atoms with Crippen LogP contribution in [0.2, 0.25) is 0 Å². The van der Waals surface area contributed by atoms with E-state index in [9.17, 15) is 5.11 Å². The van der Waals surface area contributed by atoms with Crippen molar-refractivity contribution in [3.05, 3.63) is 34.4 Å². The Balaban J connectivity index is 2.57. The van der Waals surface area contributed by atoms with Crippen LogP contribution < -0.4 is 0 Å². The first-order valence-corrected chi connectivity index (χ1v) is 6.08. The molecule has 1 aliphatic carbocycles. The molecule has 0 aliphatic heterocycles. The zero-order valence-electron chi connectivity index (χ0n) is 10.4. The van der Waals surface area contributed by atoms with Gasteiger partial charge < -0.3 is 5.11 Å². The summed E-state index contributed by atoms with van der Waals surface area (Å²) in [6, 6.07) is 4.06. The fourth-order valence-corrected chi connectivity index (χ4v) is 2.47. The van der Waals surface area contributed by atoms with E-state index in [-0.39, 0.29) is 0 Å². The van der Waals surface area contributed by atoms with E-state index in [1.54, 1.807) is 0 Å². The summed E-state index contributed by atoms with van der Waals surface area (Å²) in [6.45, 7) is 6.41. The fourth-order valence-electron chi connectivity index (χ4n) is 2.47. The summed E-state index contributed by atoms with van der Waals surface area (Å²) in [5, 5.41) is 9.80. The summed E-state index contributed by atoms with van der Waals surface area (Å²) in [6.07, 6.45) is 5.93. The molecule has 16 heavy (non-hydrogen) atoms. The number of allylic oxidation sites excluding steroid dienone is 1. The second-order valence-electron chi connectivity index (χ2n) is 5.05. The van der Waals surface area contributed by atoms with Crippen LogP contribution in [0, 0.1) is 6.92 Å². The first-order valence-electron chi connectivity index (χ1n) is 6.08. The van der Waals surface area contributed by atoms with Gasteiger partial charge >= 0.3 is 0 Å². The van der Waals surface area contributed by atoms with Gasteiger partial charge in [-0.3, -0.25) is 0 Å². The highest BCUT2D eigenvalue weighted by Gasteiger charge is 2.14. The highest BCUT2D eigenvalue weighted by atomic mass is 16.3. The Morgan fingerprint density at radius 1 is 1.25 bits per heavy atom. The summed E-state index contributed by atoms with van der Waals surface area (Å²) in [4.78, 5) is 0. The number of hydrogen-bond acceptors (Lipinski definition) is 1. The average molecular weight is 216 g/mol. The van der Waals surface area contributed by atoms with Gasteiger partial charge in [-0.1, -0.05) is 18.6 Å². The Labute approximate surface area is 97.8 Å². The lowest BCUT2D eigenvalue weighted by Crippen LogP contribution is -2.01. The molecule has 0 heterocycles. The Bertz CT molecular complexity index is 429. The van der Waals surface area contributed by atoms with Crippen LogP contribution in [-0.2, 0) is 0 Å². The van der Waals surface area contributed by atoms with Crippen molar-refractivity contribution in [2.24, 2.45) is 0 Å². The predicted molar refractivity (Wildman–Crippen MR) is 68.8 cm³/mol. The van der Waals surface area contributed by atoms with Crippen LogP contribution in [0.3, 0.4) is 0 Å². The first kappa shape index (κ1) is 11.3. The number of hydrogen-bond donors (Lipinski definition) is 1. The van der Waals surface area contributed by atoms with Crippen LogP contribution in [0.25, 0.3) is 6.08 Å². The lowest BCUT2D eigenvalue weighted by atomic mass is 9.86. The molecule has 1 aliphatic rings. The quantitative estimate of drug-likeness (QED) is 0.682. The first-order chi connectivity index (χ1) is 7.58. The number of aryl methyl sites for hydroxylation is 1. The minimum atomic E-state index is 0.428. The van der Waals surface area contributed by atoms with Crippen molar-refractivity contribution >= 4 is 6.08 Å². The second kappa shape index (κ2) is 4.32. The molecule has 0 amide bonds. The molecule has 0 spiro atoms. The minimum Gasteiger partial charge on any atom is -0.508 e. The van der Waals surface area contributed by atoms with Crippen molar-refractivity contribution in [2.75, 3.05) is 0 Å². The highest BCUT2D eigenvalue weighted by Crippen LogP contribution is 2.34. The third-order valence-electron chi connectivity index (χ3n) is 3.54. The van der Waals surface area contributed by atoms with Gasteiger partial charge in [-0.05, 0) is 67.9 Å². The highest BCUT2D eigenvalue weighted by molar-refractivity contribution is 5.61. The molecule has 1 aromatic rings. The average Bonchev–Trinajstić information content (AvgIpc) is 2.21. The maximum absolute atomic E-state index is 9.80. The third kappa shape index (κ3) is 2.13. The van der Waals surface area contributed by atoms with Gasteiger partial charge in [0.1, 0.15) is 5.75 Å². The Hall–Kier alpha value is -1.24. The van der Waals surface area contributed by atoms with Gasteiger partial charge in [0.25, 0.3) is 0 Å². The summed E-state index contributed by atoms with van der Waals surface area (Å²) in [5.41, 5.74) is 5.00. The molecule has 0 radical (unpaired) electrons. The van der Waals surface area contributed by atoms with Crippen LogP contribution in [0.1, 0.15) is 55.7 Å². The van der Waals surface area contributed by atoms with Gasteiger partial charge in [-0.2, -0.15) is 0 Å². The van der Waals surface area contributed by atoms with Gasteiger partial charge in [0.2, 0.25) is 0 Å². The molecule has 0 saturated carbocycles. The molecule has 1 aromatic carbocycles. The number of phenolic OH excluding ortho intramolecular Hbond substituents is 1. The summed E-state index contributed by atoms with van der Waals surface area (Å²) in [5.74, 6) is 0.975. The van der Waals surface area contributed by atoms with Crippen LogP contribution in [0.15, 0.2) is 17.7 Å². The molecular formula is C15H20O.